The summed E-state index contributed by atoms with van der Waals surface area (Å²) < 4.78 is 10.2. The van der Waals surface area contributed by atoms with Gasteiger partial charge in [-0.1, -0.05) is 74.0 Å². The molecule has 0 bridgehead atoms. The predicted octanol–water partition coefficient (Wildman–Crippen LogP) is 3.71. The summed E-state index contributed by atoms with van der Waals surface area (Å²) in [5, 5.41) is 0. The second-order valence-corrected chi connectivity index (χ2v) is 5.44. The van der Waals surface area contributed by atoms with Gasteiger partial charge in [0.2, 0.25) is 0 Å². The maximum Gasteiger partial charge on any atom is 0.344 e. The standard InChI is InChI=1S/C20H22O4/c1-2-3-14-23-18(21)15-24-20(22)19(16-10-6-4-7-11-16)17-12-8-5-9-13-17/h4-13,19H,2-3,14-15H2,1H3. The van der Waals surface area contributed by atoms with Crippen molar-refractivity contribution in [2.45, 2.75) is 25.7 Å². The lowest BCUT2D eigenvalue weighted by Crippen LogP contribution is -2.22. The van der Waals surface area contributed by atoms with Gasteiger partial charge in [0.05, 0.1) is 6.61 Å². The van der Waals surface area contributed by atoms with E-state index in [9.17, 15) is 9.59 Å². The van der Waals surface area contributed by atoms with Crippen LogP contribution in [0, 0.1) is 0 Å². The monoisotopic (exact) mass is 326 g/mol. The van der Waals surface area contributed by atoms with Gasteiger partial charge in [-0.15, -0.1) is 0 Å². The molecule has 0 amide bonds. The van der Waals surface area contributed by atoms with Crippen LogP contribution in [0.15, 0.2) is 60.7 Å². The molecule has 0 N–H and O–H groups in total. The highest BCUT2D eigenvalue weighted by atomic mass is 16.6. The average molecular weight is 326 g/mol. The molecule has 4 heteroatoms. The van der Waals surface area contributed by atoms with Gasteiger partial charge in [-0.05, 0) is 17.5 Å². The number of carbonyl (C=O) groups is 2. The number of hydrogen-bond acceptors (Lipinski definition) is 4. The van der Waals surface area contributed by atoms with E-state index in [0.29, 0.717) is 6.61 Å². The van der Waals surface area contributed by atoms with E-state index in [1.165, 1.54) is 0 Å². The number of esters is 2. The van der Waals surface area contributed by atoms with E-state index in [0.717, 1.165) is 24.0 Å². The molecule has 2 aromatic carbocycles. The first-order valence-corrected chi connectivity index (χ1v) is 8.14. The summed E-state index contributed by atoms with van der Waals surface area (Å²) in [5.41, 5.74) is 1.65. The molecule has 0 radical (unpaired) electrons. The molecule has 2 rings (SSSR count). The Morgan fingerprint density at radius 2 is 1.42 bits per heavy atom. The zero-order valence-electron chi connectivity index (χ0n) is 13.8. The van der Waals surface area contributed by atoms with E-state index in [1.807, 2.05) is 67.6 Å². The highest BCUT2D eigenvalue weighted by Crippen LogP contribution is 2.25. The van der Waals surface area contributed by atoms with Crippen molar-refractivity contribution < 1.29 is 19.1 Å². The molecule has 126 valence electrons. The summed E-state index contributed by atoms with van der Waals surface area (Å²) in [4.78, 5) is 24.2. The normalized spacial score (nSPS) is 10.4. The van der Waals surface area contributed by atoms with Crippen LogP contribution in [0.4, 0.5) is 0 Å². The number of carbonyl (C=O) groups excluding carboxylic acids is 2. The molecule has 4 nitrogen and oxygen atoms in total. The van der Waals surface area contributed by atoms with Crippen LogP contribution in [-0.4, -0.2) is 25.2 Å². The molecule has 24 heavy (non-hydrogen) atoms. The summed E-state index contributed by atoms with van der Waals surface area (Å²) in [6.07, 6.45) is 1.74. The Bertz CT molecular complexity index is 598. The highest BCUT2D eigenvalue weighted by Gasteiger charge is 2.24. The summed E-state index contributed by atoms with van der Waals surface area (Å²) in [5.74, 6) is -1.53. The van der Waals surface area contributed by atoms with Crippen LogP contribution >= 0.6 is 0 Å². The molecule has 0 saturated heterocycles. The van der Waals surface area contributed by atoms with Crippen molar-refractivity contribution in [1.29, 1.82) is 0 Å². The topological polar surface area (TPSA) is 52.6 Å². The van der Waals surface area contributed by atoms with Gasteiger partial charge in [-0.2, -0.15) is 0 Å². The van der Waals surface area contributed by atoms with E-state index in [1.54, 1.807) is 0 Å². The summed E-state index contributed by atoms with van der Waals surface area (Å²) in [7, 11) is 0. The fourth-order valence-corrected chi connectivity index (χ4v) is 2.34. The van der Waals surface area contributed by atoms with Crippen molar-refractivity contribution in [2.75, 3.05) is 13.2 Å². The fraction of sp³-hybridized carbons (Fsp3) is 0.300. The second-order valence-electron chi connectivity index (χ2n) is 5.44. The van der Waals surface area contributed by atoms with Crippen molar-refractivity contribution in [3.8, 4) is 0 Å². The largest absolute Gasteiger partial charge is 0.463 e. The molecule has 0 aromatic heterocycles. The minimum atomic E-state index is -0.559. The molecule has 0 heterocycles. The third kappa shape index (κ3) is 5.23. The second kappa shape index (κ2) is 9.50. The van der Waals surface area contributed by atoms with Gasteiger partial charge in [0.25, 0.3) is 0 Å². The van der Waals surface area contributed by atoms with E-state index in [-0.39, 0.29) is 6.61 Å². The lowest BCUT2D eigenvalue weighted by molar-refractivity contribution is -0.159. The van der Waals surface area contributed by atoms with Gasteiger partial charge in [0.1, 0.15) is 5.92 Å². The van der Waals surface area contributed by atoms with Gasteiger partial charge < -0.3 is 9.47 Å². The molecule has 0 spiro atoms. The minimum Gasteiger partial charge on any atom is -0.463 e. The Hall–Kier alpha value is -2.62. The van der Waals surface area contributed by atoms with Crippen LogP contribution in [0.25, 0.3) is 0 Å². The zero-order chi connectivity index (χ0) is 17.2. The lowest BCUT2D eigenvalue weighted by Gasteiger charge is -2.16. The molecule has 0 fully saturated rings. The average Bonchev–Trinajstić information content (AvgIpc) is 2.62. The van der Waals surface area contributed by atoms with Crippen molar-refractivity contribution >= 4 is 11.9 Å². The van der Waals surface area contributed by atoms with E-state index >= 15 is 0 Å². The number of ether oxygens (including phenoxy) is 2. The predicted molar refractivity (Wildman–Crippen MR) is 91.6 cm³/mol. The van der Waals surface area contributed by atoms with Crippen molar-refractivity contribution in [2.24, 2.45) is 0 Å². The van der Waals surface area contributed by atoms with E-state index < -0.39 is 17.9 Å². The lowest BCUT2D eigenvalue weighted by atomic mass is 9.91. The summed E-state index contributed by atoms with van der Waals surface area (Å²) in [6, 6.07) is 18.8. The zero-order valence-corrected chi connectivity index (χ0v) is 13.8. The third-order valence-corrected chi connectivity index (χ3v) is 3.59. The van der Waals surface area contributed by atoms with Crippen molar-refractivity contribution in [3.63, 3.8) is 0 Å². The molecule has 2 aromatic rings. The Balaban J connectivity index is 2.05. The molecule has 0 aliphatic carbocycles. The van der Waals surface area contributed by atoms with E-state index in [2.05, 4.69) is 0 Å². The van der Waals surface area contributed by atoms with Crippen LogP contribution in [-0.2, 0) is 19.1 Å². The van der Waals surface area contributed by atoms with Crippen LogP contribution in [0.2, 0.25) is 0 Å². The number of unbranched alkanes of at least 4 members (excludes halogenated alkanes) is 1. The van der Waals surface area contributed by atoms with Gasteiger partial charge in [0, 0.05) is 0 Å². The van der Waals surface area contributed by atoms with Crippen molar-refractivity contribution in [3.05, 3.63) is 71.8 Å². The molecule has 0 aliphatic heterocycles. The SMILES string of the molecule is CCCCOC(=O)COC(=O)C(c1ccccc1)c1ccccc1. The van der Waals surface area contributed by atoms with Crippen LogP contribution in [0.1, 0.15) is 36.8 Å². The molecule has 0 unspecified atom stereocenters. The first-order chi connectivity index (χ1) is 11.7. The molecule has 0 atom stereocenters. The number of benzene rings is 2. The van der Waals surface area contributed by atoms with Gasteiger partial charge in [0.15, 0.2) is 6.61 Å². The highest BCUT2D eigenvalue weighted by molar-refractivity contribution is 5.84. The maximum atomic E-state index is 12.5. The van der Waals surface area contributed by atoms with Crippen LogP contribution < -0.4 is 0 Å². The minimum absolute atomic E-state index is 0.355. The van der Waals surface area contributed by atoms with E-state index in [4.69, 9.17) is 9.47 Å². The first kappa shape index (κ1) is 17.7. The van der Waals surface area contributed by atoms with Crippen molar-refractivity contribution in [1.82, 2.24) is 0 Å². The van der Waals surface area contributed by atoms with Gasteiger partial charge in [-0.3, -0.25) is 4.79 Å². The molecular weight excluding hydrogens is 304 g/mol. The summed E-state index contributed by atoms with van der Waals surface area (Å²) >= 11 is 0. The van der Waals surface area contributed by atoms with Crippen LogP contribution in [0.3, 0.4) is 0 Å². The maximum absolute atomic E-state index is 12.5. The number of rotatable bonds is 8. The smallest absolute Gasteiger partial charge is 0.344 e. The quantitative estimate of drug-likeness (QED) is 0.548. The Morgan fingerprint density at radius 3 is 1.92 bits per heavy atom. The van der Waals surface area contributed by atoms with Gasteiger partial charge >= 0.3 is 11.9 Å². The fourth-order valence-electron chi connectivity index (χ4n) is 2.34. The van der Waals surface area contributed by atoms with Gasteiger partial charge in [-0.25, -0.2) is 4.79 Å². The number of hydrogen-bond donors (Lipinski definition) is 0. The molecule has 0 aliphatic rings. The Labute approximate surface area is 142 Å². The first-order valence-electron chi connectivity index (χ1n) is 8.14. The Kier molecular flexibility index (Phi) is 7.02. The molecule has 0 saturated carbocycles. The molecular formula is C20H22O4. The van der Waals surface area contributed by atoms with Crippen LogP contribution in [0.5, 0.6) is 0 Å². The third-order valence-electron chi connectivity index (χ3n) is 3.59. The summed E-state index contributed by atoms with van der Waals surface area (Å²) in [6.45, 7) is 2.00. The Morgan fingerprint density at radius 1 is 0.875 bits per heavy atom.